The maximum Gasteiger partial charge on any atom is 0.344 e. The van der Waals surface area contributed by atoms with Crippen LogP contribution >= 0.6 is 11.8 Å². The van der Waals surface area contributed by atoms with E-state index < -0.39 is 23.4 Å². The molecule has 4 amide bonds. The van der Waals surface area contributed by atoms with Gasteiger partial charge in [0.05, 0.1) is 5.75 Å². The molecule has 1 saturated heterocycles. The number of fused-ring (bicyclic) bond motifs is 1. The number of urea groups is 1. The van der Waals surface area contributed by atoms with E-state index in [0.717, 1.165) is 10.6 Å². The van der Waals surface area contributed by atoms with Crippen LogP contribution in [0.15, 0.2) is 59.9 Å². The molecule has 4 rings (SSSR count). The molecule has 154 valence electrons. The lowest BCUT2D eigenvalue weighted by atomic mass is 9.93. The van der Waals surface area contributed by atoms with Gasteiger partial charge >= 0.3 is 6.03 Å². The largest absolute Gasteiger partial charge is 0.344 e. The van der Waals surface area contributed by atoms with Crippen molar-refractivity contribution in [2.24, 2.45) is 0 Å². The van der Waals surface area contributed by atoms with Gasteiger partial charge in [-0.25, -0.2) is 4.79 Å². The molecule has 10 heteroatoms. The van der Waals surface area contributed by atoms with Crippen LogP contribution in [0.5, 0.6) is 0 Å². The minimum absolute atomic E-state index is 0.0204. The molecule has 9 nitrogen and oxygen atoms in total. The van der Waals surface area contributed by atoms with Crippen molar-refractivity contribution in [1.29, 1.82) is 0 Å². The van der Waals surface area contributed by atoms with Crippen LogP contribution in [0.1, 0.15) is 18.9 Å². The number of hydrazine groups is 1. The first-order chi connectivity index (χ1) is 14.5. The zero-order valence-corrected chi connectivity index (χ0v) is 17.1. The summed E-state index contributed by atoms with van der Waals surface area (Å²) in [4.78, 5) is 37.4. The molecule has 1 aliphatic rings. The Morgan fingerprint density at radius 1 is 1.13 bits per heavy atom. The van der Waals surface area contributed by atoms with Crippen molar-refractivity contribution in [2.75, 3.05) is 5.75 Å². The number of amides is 4. The number of hydrogen-bond donors (Lipinski definition) is 2. The smallest absolute Gasteiger partial charge is 0.322 e. The first-order valence-corrected chi connectivity index (χ1v) is 10.4. The molecule has 1 fully saturated rings. The normalized spacial score (nSPS) is 18.6. The number of imide groups is 1. The standard InChI is InChI=1S/C20H20N6O3S/c1-20(11-10-14-7-3-2-4-8-14)17(28)26(18(29)21-20)24-16(27)13-30-19-23-22-15-9-5-6-12-25(15)19/h2-9,12H,10-11,13H2,1H3,(H,21,29)(H,24,27)/t20-/m1/s1. The molecular weight excluding hydrogens is 404 g/mol. The average Bonchev–Trinajstić information content (AvgIpc) is 3.26. The molecule has 2 N–H and O–H groups in total. The van der Waals surface area contributed by atoms with E-state index in [2.05, 4.69) is 20.9 Å². The summed E-state index contributed by atoms with van der Waals surface area (Å²) in [5, 5.41) is 12.1. The van der Waals surface area contributed by atoms with Crippen molar-refractivity contribution in [3.05, 3.63) is 60.3 Å². The molecule has 30 heavy (non-hydrogen) atoms. The van der Waals surface area contributed by atoms with Gasteiger partial charge in [-0.05, 0) is 37.5 Å². The third-order valence-corrected chi connectivity index (χ3v) is 5.81. The van der Waals surface area contributed by atoms with Crippen LogP contribution in [-0.2, 0) is 16.0 Å². The fraction of sp³-hybridized carbons (Fsp3) is 0.250. The van der Waals surface area contributed by atoms with Crippen molar-refractivity contribution in [1.82, 2.24) is 30.3 Å². The van der Waals surface area contributed by atoms with Crippen LogP contribution in [0.25, 0.3) is 5.65 Å². The molecule has 3 heterocycles. The molecule has 0 aliphatic carbocycles. The third-order valence-electron chi connectivity index (χ3n) is 4.87. The van der Waals surface area contributed by atoms with Crippen LogP contribution in [0.2, 0.25) is 0 Å². The Kier molecular flexibility index (Phi) is 5.40. The maximum absolute atomic E-state index is 12.8. The van der Waals surface area contributed by atoms with Crippen molar-refractivity contribution >= 4 is 35.3 Å². The highest BCUT2D eigenvalue weighted by atomic mass is 32.2. The second-order valence-electron chi connectivity index (χ2n) is 7.12. The summed E-state index contributed by atoms with van der Waals surface area (Å²) >= 11 is 1.17. The van der Waals surface area contributed by atoms with Crippen molar-refractivity contribution in [3.8, 4) is 0 Å². The topological polar surface area (TPSA) is 109 Å². The molecule has 1 atom stereocenters. The zero-order valence-electron chi connectivity index (χ0n) is 16.2. The fourth-order valence-corrected chi connectivity index (χ4v) is 3.92. The number of nitrogens with zero attached hydrogens (tertiary/aromatic N) is 4. The molecule has 0 spiro atoms. The van der Waals surface area contributed by atoms with Crippen LogP contribution in [-0.4, -0.2) is 48.7 Å². The molecule has 3 aromatic rings. The number of hydrogen-bond acceptors (Lipinski definition) is 6. The zero-order chi connectivity index (χ0) is 21.1. The highest BCUT2D eigenvalue weighted by Gasteiger charge is 2.48. The summed E-state index contributed by atoms with van der Waals surface area (Å²) < 4.78 is 1.76. The summed E-state index contributed by atoms with van der Waals surface area (Å²) in [6.45, 7) is 1.67. The van der Waals surface area contributed by atoms with Gasteiger partial charge in [0.2, 0.25) is 5.91 Å². The lowest BCUT2D eigenvalue weighted by molar-refractivity contribution is -0.138. The summed E-state index contributed by atoms with van der Waals surface area (Å²) in [5.74, 6) is -0.980. The van der Waals surface area contributed by atoms with E-state index in [0.29, 0.717) is 23.6 Å². The van der Waals surface area contributed by atoms with Crippen LogP contribution in [0, 0.1) is 0 Å². The van der Waals surface area contributed by atoms with Gasteiger partial charge in [0, 0.05) is 6.20 Å². The quantitative estimate of drug-likeness (QED) is 0.442. The summed E-state index contributed by atoms with van der Waals surface area (Å²) in [6, 6.07) is 14.6. The predicted octanol–water partition coefficient (Wildman–Crippen LogP) is 1.80. The Hall–Kier alpha value is -3.40. The lowest BCUT2D eigenvalue weighted by Crippen LogP contribution is -2.49. The van der Waals surface area contributed by atoms with Gasteiger partial charge in [0.15, 0.2) is 10.8 Å². The summed E-state index contributed by atoms with van der Waals surface area (Å²) in [7, 11) is 0. The number of benzene rings is 1. The Morgan fingerprint density at radius 3 is 2.70 bits per heavy atom. The van der Waals surface area contributed by atoms with Crippen LogP contribution in [0.4, 0.5) is 4.79 Å². The van der Waals surface area contributed by atoms with Crippen molar-refractivity contribution in [3.63, 3.8) is 0 Å². The van der Waals surface area contributed by atoms with E-state index in [4.69, 9.17) is 0 Å². The van der Waals surface area contributed by atoms with Gasteiger partial charge in [0.25, 0.3) is 5.91 Å². The van der Waals surface area contributed by atoms with Gasteiger partial charge in [-0.15, -0.1) is 10.2 Å². The fourth-order valence-electron chi connectivity index (χ4n) is 3.20. The number of carbonyl (C=O) groups excluding carboxylic acids is 3. The molecule has 0 bridgehead atoms. The number of carbonyl (C=O) groups is 3. The Labute approximate surface area is 176 Å². The van der Waals surface area contributed by atoms with E-state index >= 15 is 0 Å². The minimum atomic E-state index is -1.07. The van der Waals surface area contributed by atoms with Crippen molar-refractivity contribution in [2.45, 2.75) is 30.5 Å². The molecule has 0 saturated carbocycles. The maximum atomic E-state index is 12.8. The Balaban J connectivity index is 1.35. The van der Waals surface area contributed by atoms with Gasteiger partial charge in [-0.1, -0.05) is 48.2 Å². The number of aromatic nitrogens is 3. The molecule has 2 aromatic heterocycles. The molecule has 0 unspecified atom stereocenters. The second-order valence-corrected chi connectivity index (χ2v) is 8.07. The number of aryl methyl sites for hydroxylation is 1. The minimum Gasteiger partial charge on any atom is -0.322 e. The first kappa shape index (κ1) is 19.9. The van der Waals surface area contributed by atoms with Gasteiger partial charge in [-0.2, -0.15) is 5.01 Å². The second kappa shape index (κ2) is 8.15. The molecule has 1 aromatic carbocycles. The highest BCUT2D eigenvalue weighted by Crippen LogP contribution is 2.22. The number of rotatable bonds is 7. The number of nitrogens with one attached hydrogen (secondary N) is 2. The van der Waals surface area contributed by atoms with E-state index in [-0.39, 0.29) is 5.75 Å². The average molecular weight is 424 g/mol. The Morgan fingerprint density at radius 2 is 1.90 bits per heavy atom. The first-order valence-electron chi connectivity index (χ1n) is 9.39. The van der Waals surface area contributed by atoms with Gasteiger partial charge in [-0.3, -0.25) is 19.4 Å². The number of thioether (sulfide) groups is 1. The highest BCUT2D eigenvalue weighted by molar-refractivity contribution is 7.99. The summed E-state index contributed by atoms with van der Waals surface area (Å²) in [6.07, 6.45) is 2.85. The molecule has 0 radical (unpaired) electrons. The Bertz CT molecular complexity index is 1100. The van der Waals surface area contributed by atoms with E-state index in [1.54, 1.807) is 23.6 Å². The summed E-state index contributed by atoms with van der Waals surface area (Å²) in [5.41, 5.74) is 3.06. The van der Waals surface area contributed by atoms with E-state index in [9.17, 15) is 14.4 Å². The predicted molar refractivity (Wildman–Crippen MR) is 110 cm³/mol. The third kappa shape index (κ3) is 3.99. The van der Waals surface area contributed by atoms with Crippen molar-refractivity contribution < 1.29 is 14.4 Å². The van der Waals surface area contributed by atoms with Gasteiger partial charge in [0.1, 0.15) is 5.54 Å². The molecular formula is C20H20N6O3S. The van der Waals surface area contributed by atoms with E-state index in [1.807, 2.05) is 42.5 Å². The van der Waals surface area contributed by atoms with Crippen LogP contribution in [0.3, 0.4) is 0 Å². The number of pyridine rings is 1. The van der Waals surface area contributed by atoms with Crippen LogP contribution < -0.4 is 10.7 Å². The van der Waals surface area contributed by atoms with Gasteiger partial charge < -0.3 is 5.32 Å². The molecule has 1 aliphatic heterocycles. The monoisotopic (exact) mass is 424 g/mol. The van der Waals surface area contributed by atoms with E-state index in [1.165, 1.54) is 11.8 Å². The lowest BCUT2D eigenvalue weighted by Gasteiger charge is -2.21. The SMILES string of the molecule is C[C@]1(CCc2ccccc2)NC(=O)N(NC(=O)CSc2nnc3ccccn23)C1=O.